The van der Waals surface area contributed by atoms with E-state index in [0.717, 1.165) is 55.3 Å². The van der Waals surface area contributed by atoms with E-state index >= 15 is 0 Å². The topological polar surface area (TPSA) is 62.5 Å². The zero-order chi connectivity index (χ0) is 17.9. The normalized spacial score (nSPS) is 22.9. The Balaban J connectivity index is 1.76. The third-order valence-electron chi connectivity index (χ3n) is 5.24. The Hall–Kier alpha value is -2.71. The number of dihydropyridines is 1. The molecule has 0 bridgehead atoms. The highest BCUT2D eigenvalue weighted by Crippen LogP contribution is 2.34. The Bertz CT molecular complexity index is 810. The van der Waals surface area contributed by atoms with Crippen molar-refractivity contribution in [3.05, 3.63) is 65.1 Å². The molecule has 5 heteroatoms. The van der Waals surface area contributed by atoms with Crippen LogP contribution in [0.4, 0.5) is 5.69 Å². The summed E-state index contributed by atoms with van der Waals surface area (Å²) in [5, 5.41) is 23.9. The molecule has 3 heterocycles. The van der Waals surface area contributed by atoms with Gasteiger partial charge in [0.1, 0.15) is 5.82 Å². The Morgan fingerprint density at radius 2 is 1.96 bits per heavy atom. The van der Waals surface area contributed by atoms with E-state index in [4.69, 9.17) is 0 Å². The molecule has 1 unspecified atom stereocenters. The van der Waals surface area contributed by atoms with Gasteiger partial charge in [0.05, 0.1) is 17.3 Å². The molecule has 3 aliphatic heterocycles. The number of aliphatic hydroxyl groups excluding tert-OH is 1. The van der Waals surface area contributed by atoms with Gasteiger partial charge in [-0.3, -0.25) is 4.90 Å². The molecule has 5 nitrogen and oxygen atoms in total. The van der Waals surface area contributed by atoms with Gasteiger partial charge in [0.2, 0.25) is 0 Å². The van der Waals surface area contributed by atoms with Gasteiger partial charge in [0, 0.05) is 30.9 Å². The lowest BCUT2D eigenvalue weighted by Crippen LogP contribution is -2.48. The van der Waals surface area contributed by atoms with Crippen LogP contribution in [-0.4, -0.2) is 35.9 Å². The van der Waals surface area contributed by atoms with Crippen LogP contribution in [0.2, 0.25) is 0 Å². The molecule has 4 rings (SSSR count). The lowest BCUT2D eigenvalue weighted by atomic mass is 10.0. The zero-order valence-electron chi connectivity index (χ0n) is 14.9. The summed E-state index contributed by atoms with van der Waals surface area (Å²) in [6, 6.07) is 9.62. The quantitative estimate of drug-likeness (QED) is 0.860. The molecule has 0 amide bonds. The summed E-state index contributed by atoms with van der Waals surface area (Å²) in [5.41, 5.74) is 3.44. The number of nitrogens with zero attached hydrogens (tertiary/aromatic N) is 3. The number of allylic oxidation sites excluding steroid dienone is 3. The molecule has 2 N–H and O–H groups in total. The maximum absolute atomic E-state index is 11.3. The third kappa shape index (κ3) is 3.09. The molecule has 1 atom stereocenters. The minimum Gasteiger partial charge on any atom is -0.371 e. The van der Waals surface area contributed by atoms with Gasteiger partial charge in [-0.25, -0.2) is 0 Å². The van der Waals surface area contributed by atoms with Gasteiger partial charge in [0.15, 0.2) is 6.23 Å². The van der Waals surface area contributed by atoms with Crippen LogP contribution in [-0.2, 0) is 0 Å². The van der Waals surface area contributed by atoms with Crippen molar-refractivity contribution in [2.45, 2.75) is 31.9 Å². The fraction of sp³-hybridized carbons (Fsp3) is 0.381. The Kier molecular flexibility index (Phi) is 4.68. The number of benzene rings is 1. The maximum atomic E-state index is 11.3. The number of rotatable bonds is 2. The second-order valence-electron chi connectivity index (χ2n) is 6.96. The van der Waals surface area contributed by atoms with E-state index in [9.17, 15) is 10.4 Å². The molecule has 134 valence electrons. The van der Waals surface area contributed by atoms with Gasteiger partial charge in [-0.1, -0.05) is 31.1 Å². The standard InChI is InChI=1S/C21H24N4O/c22-15-16-7-5-9-18(13-16)25-20-17(8-6-10-23-20)14-19(21(25)26)24-11-3-1-2-4-12-24/h5-9,13-14,21,23,26H,1-4,10-12H2. The summed E-state index contributed by atoms with van der Waals surface area (Å²) in [7, 11) is 0. The van der Waals surface area contributed by atoms with E-state index in [1.54, 1.807) is 6.07 Å². The second-order valence-corrected chi connectivity index (χ2v) is 6.96. The SMILES string of the molecule is N#Cc1cccc(N2C3=C(C=CCN3)C=C(N3CCCCCC3)C2O)c1. The summed E-state index contributed by atoms with van der Waals surface area (Å²) >= 11 is 0. The number of hydrogen-bond acceptors (Lipinski definition) is 5. The van der Waals surface area contributed by atoms with Crippen molar-refractivity contribution in [3.8, 4) is 6.07 Å². The molecule has 3 aliphatic rings. The van der Waals surface area contributed by atoms with E-state index < -0.39 is 6.23 Å². The predicted octanol–water partition coefficient (Wildman–Crippen LogP) is 2.83. The minimum absolute atomic E-state index is 0.592. The largest absolute Gasteiger partial charge is 0.371 e. The Labute approximate surface area is 154 Å². The minimum atomic E-state index is -0.764. The van der Waals surface area contributed by atoms with Crippen LogP contribution in [0.15, 0.2) is 59.6 Å². The first kappa shape index (κ1) is 16.7. The van der Waals surface area contributed by atoms with Crippen molar-refractivity contribution >= 4 is 5.69 Å². The average Bonchev–Trinajstić information content (AvgIpc) is 2.97. The number of aliphatic hydroxyl groups is 1. The molecule has 0 aromatic heterocycles. The molecule has 1 aromatic carbocycles. The van der Waals surface area contributed by atoms with Gasteiger partial charge in [0.25, 0.3) is 0 Å². The lowest BCUT2D eigenvalue weighted by molar-refractivity contribution is 0.160. The molecular formula is C21H24N4O. The van der Waals surface area contributed by atoms with Crippen LogP contribution in [0.3, 0.4) is 0 Å². The summed E-state index contributed by atoms with van der Waals surface area (Å²) in [6.45, 7) is 2.69. The number of hydrogen-bond donors (Lipinski definition) is 2. The first-order valence-electron chi connectivity index (χ1n) is 9.36. The first-order chi connectivity index (χ1) is 12.8. The fourth-order valence-corrected chi connectivity index (χ4v) is 3.93. The van der Waals surface area contributed by atoms with Crippen molar-refractivity contribution < 1.29 is 5.11 Å². The van der Waals surface area contributed by atoms with Gasteiger partial charge >= 0.3 is 0 Å². The summed E-state index contributed by atoms with van der Waals surface area (Å²) in [6.07, 6.45) is 10.4. The molecule has 26 heavy (non-hydrogen) atoms. The molecule has 0 spiro atoms. The third-order valence-corrected chi connectivity index (χ3v) is 5.24. The van der Waals surface area contributed by atoms with E-state index in [0.29, 0.717) is 5.56 Å². The molecular weight excluding hydrogens is 324 g/mol. The average molecular weight is 348 g/mol. The lowest BCUT2D eigenvalue weighted by Gasteiger charge is -2.42. The zero-order valence-corrected chi connectivity index (χ0v) is 14.9. The van der Waals surface area contributed by atoms with Crippen LogP contribution in [0.1, 0.15) is 31.2 Å². The van der Waals surface area contributed by atoms with Crippen molar-refractivity contribution in [2.75, 3.05) is 24.5 Å². The first-order valence-corrected chi connectivity index (χ1v) is 9.36. The Morgan fingerprint density at radius 1 is 1.15 bits per heavy atom. The van der Waals surface area contributed by atoms with Crippen molar-refractivity contribution in [1.82, 2.24) is 10.2 Å². The van der Waals surface area contributed by atoms with Crippen LogP contribution < -0.4 is 10.2 Å². The smallest absolute Gasteiger partial charge is 0.173 e. The summed E-state index contributed by atoms with van der Waals surface area (Å²) < 4.78 is 0. The van der Waals surface area contributed by atoms with Crippen molar-refractivity contribution in [3.63, 3.8) is 0 Å². The number of likely N-dealkylation sites (tertiary alicyclic amines) is 1. The van der Waals surface area contributed by atoms with E-state index in [1.165, 1.54) is 12.8 Å². The van der Waals surface area contributed by atoms with E-state index in [1.807, 2.05) is 23.1 Å². The number of anilines is 1. The van der Waals surface area contributed by atoms with Crippen LogP contribution >= 0.6 is 0 Å². The van der Waals surface area contributed by atoms with Gasteiger partial charge < -0.3 is 15.3 Å². The Morgan fingerprint density at radius 3 is 2.73 bits per heavy atom. The van der Waals surface area contributed by atoms with E-state index in [-0.39, 0.29) is 0 Å². The fourth-order valence-electron chi connectivity index (χ4n) is 3.93. The maximum Gasteiger partial charge on any atom is 0.173 e. The second kappa shape index (κ2) is 7.27. The molecule has 0 saturated carbocycles. The highest BCUT2D eigenvalue weighted by atomic mass is 16.3. The highest BCUT2D eigenvalue weighted by Gasteiger charge is 2.33. The van der Waals surface area contributed by atoms with Gasteiger partial charge in [-0.05, 0) is 37.1 Å². The number of nitriles is 1. The van der Waals surface area contributed by atoms with Gasteiger partial charge in [-0.15, -0.1) is 0 Å². The van der Waals surface area contributed by atoms with Crippen LogP contribution in [0.5, 0.6) is 0 Å². The van der Waals surface area contributed by atoms with Crippen LogP contribution in [0, 0.1) is 11.3 Å². The molecule has 1 aromatic rings. The number of nitrogens with one attached hydrogen (secondary N) is 1. The summed E-state index contributed by atoms with van der Waals surface area (Å²) in [4.78, 5) is 4.24. The van der Waals surface area contributed by atoms with Gasteiger partial charge in [-0.2, -0.15) is 5.26 Å². The van der Waals surface area contributed by atoms with Crippen LogP contribution in [0.25, 0.3) is 0 Å². The summed E-state index contributed by atoms with van der Waals surface area (Å²) in [5.74, 6) is 0.897. The molecule has 1 fully saturated rings. The predicted molar refractivity (Wildman–Crippen MR) is 102 cm³/mol. The van der Waals surface area contributed by atoms with Crippen molar-refractivity contribution in [2.24, 2.45) is 0 Å². The molecule has 1 saturated heterocycles. The van der Waals surface area contributed by atoms with E-state index in [2.05, 4.69) is 34.5 Å². The highest BCUT2D eigenvalue weighted by molar-refractivity contribution is 5.62. The van der Waals surface area contributed by atoms with Crippen molar-refractivity contribution in [1.29, 1.82) is 5.26 Å². The molecule has 0 radical (unpaired) electrons. The molecule has 0 aliphatic carbocycles. The monoisotopic (exact) mass is 348 g/mol.